The number of hydrogen-bond donors (Lipinski definition) is 0. The Bertz CT molecular complexity index is 529. The highest BCUT2D eigenvalue weighted by Crippen LogP contribution is 2.19. The molecule has 0 radical (unpaired) electrons. The first-order valence-electron chi connectivity index (χ1n) is 4.19. The highest BCUT2D eigenvalue weighted by molar-refractivity contribution is 6.30. The molecule has 1 heterocycles. The molecule has 0 aliphatic carbocycles. The standard InChI is InChI=1S/C10H6ClN3O/c11-8-2-1-3-9(6-8)14-10(12-7-15)4-5-13-14/h1-6H. The van der Waals surface area contributed by atoms with Crippen LogP contribution in [0, 0.1) is 0 Å². The molecule has 0 N–H and O–H groups in total. The minimum atomic E-state index is 0.423. The van der Waals surface area contributed by atoms with Crippen molar-refractivity contribution in [3.63, 3.8) is 0 Å². The third-order valence-electron chi connectivity index (χ3n) is 1.84. The fourth-order valence-corrected chi connectivity index (χ4v) is 1.42. The summed E-state index contributed by atoms with van der Waals surface area (Å²) >= 11 is 5.84. The van der Waals surface area contributed by atoms with Crippen LogP contribution in [0.3, 0.4) is 0 Å². The Labute approximate surface area is 90.8 Å². The summed E-state index contributed by atoms with van der Waals surface area (Å²) in [6, 6.07) is 8.73. The zero-order valence-corrected chi connectivity index (χ0v) is 8.35. The summed E-state index contributed by atoms with van der Waals surface area (Å²) in [4.78, 5) is 13.7. The lowest BCUT2D eigenvalue weighted by molar-refractivity contribution is 0.565. The molecule has 74 valence electrons. The summed E-state index contributed by atoms with van der Waals surface area (Å²) in [5.74, 6) is 0.423. The minimum Gasteiger partial charge on any atom is -0.214 e. The number of carbonyl (C=O) groups excluding carboxylic acids is 1. The van der Waals surface area contributed by atoms with Crippen molar-refractivity contribution in [2.45, 2.75) is 0 Å². The second kappa shape index (κ2) is 4.09. The zero-order chi connectivity index (χ0) is 10.7. The van der Waals surface area contributed by atoms with E-state index >= 15 is 0 Å². The number of rotatable bonds is 2. The summed E-state index contributed by atoms with van der Waals surface area (Å²) in [6.45, 7) is 0. The van der Waals surface area contributed by atoms with Crippen molar-refractivity contribution in [1.82, 2.24) is 9.78 Å². The van der Waals surface area contributed by atoms with E-state index in [0.717, 1.165) is 5.69 Å². The van der Waals surface area contributed by atoms with E-state index in [0.29, 0.717) is 10.8 Å². The van der Waals surface area contributed by atoms with Gasteiger partial charge in [-0.25, -0.2) is 9.48 Å². The highest BCUT2D eigenvalue weighted by atomic mass is 35.5. The smallest absolute Gasteiger partial charge is 0.214 e. The van der Waals surface area contributed by atoms with Gasteiger partial charge < -0.3 is 0 Å². The summed E-state index contributed by atoms with van der Waals surface area (Å²) in [5, 5.41) is 4.63. The van der Waals surface area contributed by atoms with Gasteiger partial charge in [-0.3, -0.25) is 0 Å². The van der Waals surface area contributed by atoms with E-state index in [9.17, 15) is 4.79 Å². The van der Waals surface area contributed by atoms with Crippen LogP contribution in [-0.4, -0.2) is 15.9 Å². The molecule has 1 aromatic heterocycles. The van der Waals surface area contributed by atoms with Crippen molar-refractivity contribution in [2.75, 3.05) is 0 Å². The molecule has 0 aliphatic heterocycles. The Morgan fingerprint density at radius 1 is 1.40 bits per heavy atom. The van der Waals surface area contributed by atoms with Crippen LogP contribution in [0.1, 0.15) is 0 Å². The van der Waals surface area contributed by atoms with Gasteiger partial charge in [0.05, 0.1) is 11.9 Å². The normalized spacial score (nSPS) is 9.67. The highest BCUT2D eigenvalue weighted by Gasteiger charge is 2.03. The summed E-state index contributed by atoms with van der Waals surface area (Å²) < 4.78 is 1.51. The molecule has 0 bridgehead atoms. The van der Waals surface area contributed by atoms with Gasteiger partial charge in [-0.2, -0.15) is 5.10 Å². The number of aromatic nitrogens is 2. The number of halogens is 1. The van der Waals surface area contributed by atoms with Gasteiger partial charge in [0.1, 0.15) is 0 Å². The summed E-state index contributed by atoms with van der Waals surface area (Å²) in [7, 11) is 0. The fraction of sp³-hybridized carbons (Fsp3) is 0. The van der Waals surface area contributed by atoms with Crippen LogP contribution in [0.2, 0.25) is 5.02 Å². The van der Waals surface area contributed by atoms with E-state index in [4.69, 9.17) is 11.6 Å². The third-order valence-corrected chi connectivity index (χ3v) is 2.07. The average Bonchev–Trinajstić information content (AvgIpc) is 2.66. The summed E-state index contributed by atoms with van der Waals surface area (Å²) in [6.07, 6.45) is 3.03. The van der Waals surface area contributed by atoms with Gasteiger partial charge in [-0.1, -0.05) is 17.7 Å². The molecule has 0 saturated heterocycles. The van der Waals surface area contributed by atoms with Crippen LogP contribution in [0.15, 0.2) is 41.5 Å². The molecule has 5 heteroatoms. The molecule has 0 spiro atoms. The monoisotopic (exact) mass is 219 g/mol. The van der Waals surface area contributed by atoms with Gasteiger partial charge in [0.15, 0.2) is 5.82 Å². The van der Waals surface area contributed by atoms with Crippen molar-refractivity contribution >= 4 is 23.5 Å². The molecule has 0 unspecified atom stereocenters. The maximum absolute atomic E-state index is 10.2. The van der Waals surface area contributed by atoms with Gasteiger partial charge in [-0.15, -0.1) is 4.99 Å². The number of nitrogens with zero attached hydrogens (tertiary/aromatic N) is 3. The molecule has 2 rings (SSSR count). The van der Waals surface area contributed by atoms with Gasteiger partial charge in [0, 0.05) is 11.1 Å². The van der Waals surface area contributed by atoms with Crippen LogP contribution in [0.25, 0.3) is 5.69 Å². The van der Waals surface area contributed by atoms with E-state index in [1.165, 1.54) is 10.8 Å². The SMILES string of the molecule is O=C=Nc1ccnn1-c1cccc(Cl)c1. The van der Waals surface area contributed by atoms with Crippen LogP contribution in [-0.2, 0) is 4.79 Å². The van der Waals surface area contributed by atoms with Gasteiger partial charge in [-0.05, 0) is 18.2 Å². The molecule has 1 aromatic carbocycles. The Kier molecular flexibility index (Phi) is 2.63. The van der Waals surface area contributed by atoms with Crippen molar-refractivity contribution in [3.05, 3.63) is 41.6 Å². The van der Waals surface area contributed by atoms with Crippen molar-refractivity contribution < 1.29 is 4.79 Å². The van der Waals surface area contributed by atoms with E-state index in [2.05, 4.69) is 10.1 Å². The Morgan fingerprint density at radius 2 is 2.27 bits per heavy atom. The Hall–Kier alpha value is -1.90. The van der Waals surface area contributed by atoms with Crippen molar-refractivity contribution in [2.24, 2.45) is 4.99 Å². The lowest BCUT2D eigenvalue weighted by Gasteiger charge is -2.02. The first-order chi connectivity index (χ1) is 7.31. The Morgan fingerprint density at radius 3 is 3.00 bits per heavy atom. The van der Waals surface area contributed by atoms with Crippen molar-refractivity contribution in [3.8, 4) is 5.69 Å². The predicted octanol–water partition coefficient (Wildman–Crippen LogP) is 2.49. The Balaban J connectivity index is 2.53. The van der Waals surface area contributed by atoms with Crippen LogP contribution >= 0.6 is 11.6 Å². The van der Waals surface area contributed by atoms with E-state index in [1.54, 1.807) is 30.5 Å². The second-order valence-electron chi connectivity index (χ2n) is 2.78. The van der Waals surface area contributed by atoms with E-state index in [1.807, 2.05) is 6.07 Å². The lowest BCUT2D eigenvalue weighted by Crippen LogP contribution is -1.94. The molecule has 2 aromatic rings. The van der Waals surface area contributed by atoms with Gasteiger partial charge in [0.25, 0.3) is 0 Å². The lowest BCUT2D eigenvalue weighted by atomic mass is 10.3. The molecule has 0 aliphatic rings. The molecular weight excluding hydrogens is 214 g/mol. The topological polar surface area (TPSA) is 47.2 Å². The number of benzene rings is 1. The first-order valence-corrected chi connectivity index (χ1v) is 4.57. The molecule has 4 nitrogen and oxygen atoms in total. The largest absolute Gasteiger partial charge is 0.242 e. The quantitative estimate of drug-likeness (QED) is 0.576. The average molecular weight is 220 g/mol. The second-order valence-corrected chi connectivity index (χ2v) is 3.22. The molecule has 0 fully saturated rings. The van der Waals surface area contributed by atoms with E-state index < -0.39 is 0 Å². The number of hydrogen-bond acceptors (Lipinski definition) is 3. The van der Waals surface area contributed by atoms with Crippen molar-refractivity contribution in [1.29, 1.82) is 0 Å². The molecule has 0 amide bonds. The molecule has 15 heavy (non-hydrogen) atoms. The van der Waals surface area contributed by atoms with Crippen LogP contribution < -0.4 is 0 Å². The first kappa shape index (κ1) is 9.65. The maximum Gasteiger partial charge on any atom is 0.242 e. The minimum absolute atomic E-state index is 0.423. The van der Waals surface area contributed by atoms with E-state index in [-0.39, 0.29) is 0 Å². The fourth-order valence-electron chi connectivity index (χ4n) is 1.23. The molecule has 0 saturated carbocycles. The molecular formula is C10H6ClN3O. The third kappa shape index (κ3) is 1.96. The van der Waals surface area contributed by atoms with Crippen LogP contribution in [0.5, 0.6) is 0 Å². The summed E-state index contributed by atoms with van der Waals surface area (Å²) in [5.41, 5.74) is 0.751. The zero-order valence-electron chi connectivity index (χ0n) is 7.59. The predicted molar refractivity (Wildman–Crippen MR) is 56.4 cm³/mol. The van der Waals surface area contributed by atoms with Gasteiger partial charge >= 0.3 is 0 Å². The van der Waals surface area contributed by atoms with Gasteiger partial charge in [0.2, 0.25) is 6.08 Å². The number of aliphatic imine (C=N–C) groups is 1. The maximum atomic E-state index is 10.2. The number of isocyanates is 1. The van der Waals surface area contributed by atoms with Crippen LogP contribution in [0.4, 0.5) is 5.82 Å². The molecule has 0 atom stereocenters.